The van der Waals surface area contributed by atoms with Crippen LogP contribution in [0.4, 0.5) is 4.79 Å². The molecule has 5 heteroatoms. The summed E-state index contributed by atoms with van der Waals surface area (Å²) in [5, 5.41) is 8.69. The SMILES string of the molecule is CCN1C[C@@H](C(=O)O)N(C)C1=O. The van der Waals surface area contributed by atoms with Gasteiger partial charge in [0.25, 0.3) is 0 Å². The second-order valence-electron chi connectivity index (χ2n) is 2.79. The summed E-state index contributed by atoms with van der Waals surface area (Å²) >= 11 is 0. The van der Waals surface area contributed by atoms with Gasteiger partial charge in [0.1, 0.15) is 6.04 Å². The molecule has 0 radical (unpaired) electrons. The van der Waals surface area contributed by atoms with Gasteiger partial charge in [-0.1, -0.05) is 0 Å². The maximum atomic E-state index is 11.2. The van der Waals surface area contributed by atoms with Gasteiger partial charge < -0.3 is 14.9 Å². The average molecular weight is 172 g/mol. The van der Waals surface area contributed by atoms with Crippen molar-refractivity contribution in [3.8, 4) is 0 Å². The Morgan fingerprint density at radius 3 is 2.58 bits per heavy atom. The average Bonchev–Trinajstić information content (AvgIpc) is 2.30. The Balaban J connectivity index is 2.73. The van der Waals surface area contributed by atoms with Crippen molar-refractivity contribution in [3.05, 3.63) is 0 Å². The van der Waals surface area contributed by atoms with Gasteiger partial charge in [0, 0.05) is 13.6 Å². The van der Waals surface area contributed by atoms with Crippen LogP contribution in [-0.4, -0.2) is 53.1 Å². The zero-order valence-corrected chi connectivity index (χ0v) is 7.15. The number of carbonyl (C=O) groups excluding carboxylic acids is 1. The Morgan fingerprint density at radius 1 is 1.75 bits per heavy atom. The third kappa shape index (κ3) is 1.22. The summed E-state index contributed by atoms with van der Waals surface area (Å²) in [5.74, 6) is -0.943. The second kappa shape index (κ2) is 3.00. The molecule has 0 spiro atoms. The maximum Gasteiger partial charge on any atom is 0.328 e. The fourth-order valence-electron chi connectivity index (χ4n) is 1.27. The Labute approximate surface area is 70.6 Å². The zero-order chi connectivity index (χ0) is 9.30. The lowest BCUT2D eigenvalue weighted by Crippen LogP contribution is -2.36. The number of urea groups is 1. The summed E-state index contributed by atoms with van der Waals surface area (Å²) in [4.78, 5) is 24.6. The van der Waals surface area contributed by atoms with Gasteiger partial charge in [-0.15, -0.1) is 0 Å². The summed E-state index contributed by atoms with van der Waals surface area (Å²) < 4.78 is 0. The van der Waals surface area contributed by atoms with Crippen molar-refractivity contribution in [2.45, 2.75) is 13.0 Å². The van der Waals surface area contributed by atoms with E-state index in [1.165, 1.54) is 16.8 Å². The molecule has 1 aliphatic rings. The van der Waals surface area contributed by atoms with Crippen molar-refractivity contribution in [1.29, 1.82) is 0 Å². The predicted octanol–water partition coefficient (Wildman–Crippen LogP) is -0.173. The highest BCUT2D eigenvalue weighted by molar-refractivity contribution is 5.86. The molecular formula is C7H12N2O3. The normalized spacial score (nSPS) is 23.5. The van der Waals surface area contributed by atoms with E-state index in [9.17, 15) is 9.59 Å². The molecule has 0 bridgehead atoms. The van der Waals surface area contributed by atoms with E-state index in [-0.39, 0.29) is 6.03 Å². The molecule has 1 N–H and O–H groups in total. The van der Waals surface area contributed by atoms with Gasteiger partial charge in [-0.3, -0.25) is 0 Å². The first-order valence-electron chi connectivity index (χ1n) is 3.82. The molecule has 1 rings (SSSR count). The topological polar surface area (TPSA) is 60.9 Å². The van der Waals surface area contributed by atoms with E-state index < -0.39 is 12.0 Å². The van der Waals surface area contributed by atoms with Crippen LogP contribution in [0, 0.1) is 0 Å². The molecule has 0 aromatic carbocycles. The molecule has 5 nitrogen and oxygen atoms in total. The summed E-state index contributed by atoms with van der Waals surface area (Å²) in [7, 11) is 1.51. The van der Waals surface area contributed by atoms with Gasteiger partial charge in [-0.05, 0) is 6.92 Å². The van der Waals surface area contributed by atoms with Crippen molar-refractivity contribution in [3.63, 3.8) is 0 Å². The number of aliphatic carboxylic acids is 1. The minimum absolute atomic E-state index is 0.204. The highest BCUT2D eigenvalue weighted by Gasteiger charge is 2.37. The summed E-state index contributed by atoms with van der Waals surface area (Å²) in [5.41, 5.74) is 0. The van der Waals surface area contributed by atoms with Crippen LogP contribution in [0.15, 0.2) is 0 Å². The molecule has 1 atom stereocenters. The molecule has 68 valence electrons. The Morgan fingerprint density at radius 2 is 2.33 bits per heavy atom. The fraction of sp³-hybridized carbons (Fsp3) is 0.714. The first-order chi connectivity index (χ1) is 5.57. The number of hydrogen-bond donors (Lipinski definition) is 1. The van der Waals surface area contributed by atoms with Crippen LogP contribution in [-0.2, 0) is 4.79 Å². The van der Waals surface area contributed by atoms with E-state index in [0.717, 1.165) is 0 Å². The molecule has 12 heavy (non-hydrogen) atoms. The minimum atomic E-state index is -0.943. The largest absolute Gasteiger partial charge is 0.480 e. The standard InChI is InChI=1S/C7H12N2O3/c1-3-9-4-5(6(10)11)8(2)7(9)12/h5H,3-4H2,1-2H3,(H,10,11)/t5-/m0/s1. The lowest BCUT2D eigenvalue weighted by Gasteiger charge is -2.13. The maximum absolute atomic E-state index is 11.2. The Kier molecular flexibility index (Phi) is 2.21. The molecule has 1 fully saturated rings. The molecule has 0 aliphatic carbocycles. The number of nitrogens with zero attached hydrogens (tertiary/aromatic N) is 2. The van der Waals surface area contributed by atoms with Gasteiger partial charge >= 0.3 is 12.0 Å². The smallest absolute Gasteiger partial charge is 0.328 e. The van der Waals surface area contributed by atoms with Crippen LogP contribution in [0.2, 0.25) is 0 Å². The van der Waals surface area contributed by atoms with E-state index in [1.54, 1.807) is 0 Å². The molecule has 0 aromatic heterocycles. The number of likely N-dealkylation sites (N-methyl/N-ethyl adjacent to an activating group) is 2. The van der Waals surface area contributed by atoms with Gasteiger partial charge in [0.15, 0.2) is 0 Å². The number of amides is 2. The van der Waals surface area contributed by atoms with Gasteiger partial charge in [0.2, 0.25) is 0 Å². The van der Waals surface area contributed by atoms with Gasteiger partial charge in [-0.2, -0.15) is 0 Å². The second-order valence-corrected chi connectivity index (χ2v) is 2.79. The van der Waals surface area contributed by atoms with Crippen LogP contribution in [0.3, 0.4) is 0 Å². The van der Waals surface area contributed by atoms with E-state index in [2.05, 4.69) is 0 Å². The van der Waals surface area contributed by atoms with Crippen molar-refractivity contribution < 1.29 is 14.7 Å². The third-order valence-electron chi connectivity index (χ3n) is 2.10. The summed E-state index contributed by atoms with van der Waals surface area (Å²) in [6, 6.07) is -0.887. The van der Waals surface area contributed by atoms with Crippen LogP contribution in [0.1, 0.15) is 6.92 Å². The molecule has 1 aliphatic heterocycles. The van der Waals surface area contributed by atoms with E-state index >= 15 is 0 Å². The number of carboxylic acid groups (broad SMARTS) is 1. The molecule has 0 unspecified atom stereocenters. The van der Waals surface area contributed by atoms with Crippen LogP contribution < -0.4 is 0 Å². The first-order valence-corrected chi connectivity index (χ1v) is 3.82. The highest BCUT2D eigenvalue weighted by atomic mass is 16.4. The lowest BCUT2D eigenvalue weighted by molar-refractivity contribution is -0.140. The van der Waals surface area contributed by atoms with Crippen molar-refractivity contribution in [2.24, 2.45) is 0 Å². The van der Waals surface area contributed by atoms with Gasteiger partial charge in [-0.25, -0.2) is 9.59 Å². The number of rotatable bonds is 2. The summed E-state index contributed by atoms with van der Waals surface area (Å²) in [6.45, 7) is 2.68. The number of hydrogen-bond acceptors (Lipinski definition) is 2. The Bertz CT molecular complexity index is 217. The monoisotopic (exact) mass is 172 g/mol. The Hall–Kier alpha value is -1.26. The number of carboxylic acids is 1. The number of carbonyl (C=O) groups is 2. The highest BCUT2D eigenvalue weighted by Crippen LogP contribution is 2.12. The van der Waals surface area contributed by atoms with E-state index in [1.807, 2.05) is 6.92 Å². The fourth-order valence-corrected chi connectivity index (χ4v) is 1.27. The minimum Gasteiger partial charge on any atom is -0.480 e. The van der Waals surface area contributed by atoms with E-state index in [4.69, 9.17) is 5.11 Å². The molecule has 1 heterocycles. The summed E-state index contributed by atoms with van der Waals surface area (Å²) in [6.07, 6.45) is 0. The predicted molar refractivity (Wildman–Crippen MR) is 41.8 cm³/mol. The van der Waals surface area contributed by atoms with Crippen LogP contribution in [0.5, 0.6) is 0 Å². The molecule has 0 aromatic rings. The molecule has 0 saturated carbocycles. The molecule has 2 amide bonds. The lowest BCUT2D eigenvalue weighted by atomic mass is 10.3. The van der Waals surface area contributed by atoms with Crippen molar-refractivity contribution in [1.82, 2.24) is 9.80 Å². The van der Waals surface area contributed by atoms with Gasteiger partial charge in [0.05, 0.1) is 6.54 Å². The molecular weight excluding hydrogens is 160 g/mol. The van der Waals surface area contributed by atoms with Crippen molar-refractivity contribution >= 4 is 12.0 Å². The quantitative estimate of drug-likeness (QED) is 0.629. The van der Waals surface area contributed by atoms with Crippen LogP contribution in [0.25, 0.3) is 0 Å². The molecule has 1 saturated heterocycles. The van der Waals surface area contributed by atoms with E-state index in [0.29, 0.717) is 13.1 Å². The van der Waals surface area contributed by atoms with Crippen LogP contribution >= 0.6 is 0 Å². The zero-order valence-electron chi connectivity index (χ0n) is 7.15. The van der Waals surface area contributed by atoms with Crippen molar-refractivity contribution in [2.75, 3.05) is 20.1 Å². The first kappa shape index (κ1) is 8.83. The third-order valence-corrected chi connectivity index (χ3v) is 2.10.